The second kappa shape index (κ2) is 7.91. The van der Waals surface area contributed by atoms with Crippen LogP contribution in [0.25, 0.3) is 5.57 Å². The second-order valence-electron chi connectivity index (χ2n) is 7.51. The number of likely N-dealkylation sites (tertiary alicyclic amines) is 1. The number of imide groups is 1. The van der Waals surface area contributed by atoms with Crippen LogP contribution < -0.4 is 9.64 Å². The molecule has 4 rings (SSSR count). The van der Waals surface area contributed by atoms with Gasteiger partial charge in [0.25, 0.3) is 11.8 Å². The molecule has 0 saturated carbocycles. The van der Waals surface area contributed by atoms with E-state index in [1.807, 2.05) is 43.0 Å². The minimum Gasteiger partial charge on any atom is -0.491 e. The summed E-state index contributed by atoms with van der Waals surface area (Å²) in [6.45, 7) is 5.45. The van der Waals surface area contributed by atoms with Gasteiger partial charge in [-0.1, -0.05) is 35.9 Å². The summed E-state index contributed by atoms with van der Waals surface area (Å²) in [6.07, 6.45) is 2.07. The van der Waals surface area contributed by atoms with Crippen LogP contribution in [0, 0.1) is 0 Å². The summed E-state index contributed by atoms with van der Waals surface area (Å²) in [5.41, 5.74) is 2.00. The van der Waals surface area contributed by atoms with Gasteiger partial charge in [-0.3, -0.25) is 9.59 Å². The number of hydrogen-bond acceptors (Lipinski definition) is 4. The summed E-state index contributed by atoms with van der Waals surface area (Å²) >= 11 is 6.31. The highest BCUT2D eigenvalue weighted by molar-refractivity contribution is 6.47. The van der Waals surface area contributed by atoms with Crippen molar-refractivity contribution >= 4 is 34.7 Å². The van der Waals surface area contributed by atoms with Crippen LogP contribution in [0.3, 0.4) is 0 Å². The fourth-order valence-corrected chi connectivity index (χ4v) is 4.06. The third-order valence-corrected chi connectivity index (χ3v) is 5.41. The molecule has 29 heavy (non-hydrogen) atoms. The van der Waals surface area contributed by atoms with Crippen LogP contribution in [0.4, 0.5) is 5.69 Å². The Balaban J connectivity index is 1.78. The van der Waals surface area contributed by atoms with Crippen molar-refractivity contribution < 1.29 is 14.3 Å². The van der Waals surface area contributed by atoms with Gasteiger partial charge in [0, 0.05) is 13.1 Å². The Labute approximate surface area is 175 Å². The smallest absolute Gasteiger partial charge is 0.282 e. The molecule has 0 unspecified atom stereocenters. The van der Waals surface area contributed by atoms with Crippen molar-refractivity contribution in [2.75, 3.05) is 18.0 Å². The van der Waals surface area contributed by atoms with E-state index in [1.54, 1.807) is 24.3 Å². The van der Waals surface area contributed by atoms with Gasteiger partial charge in [0.05, 0.1) is 22.4 Å². The van der Waals surface area contributed by atoms with E-state index in [0.717, 1.165) is 31.7 Å². The molecule has 2 amide bonds. The van der Waals surface area contributed by atoms with Gasteiger partial charge < -0.3 is 9.64 Å². The lowest BCUT2D eigenvalue weighted by atomic mass is 10.0. The van der Waals surface area contributed by atoms with Gasteiger partial charge >= 0.3 is 0 Å². The third-order valence-electron chi connectivity index (χ3n) is 5.09. The fourth-order valence-electron chi connectivity index (χ4n) is 3.84. The Bertz CT molecular complexity index is 976. The Hall–Kier alpha value is -2.79. The summed E-state index contributed by atoms with van der Waals surface area (Å²) in [6, 6.07) is 14.3. The quantitative estimate of drug-likeness (QED) is 0.680. The first-order valence-corrected chi connectivity index (χ1v) is 10.2. The molecule has 1 fully saturated rings. The van der Waals surface area contributed by atoms with Crippen LogP contribution in [0.2, 0.25) is 5.02 Å². The number of carbonyl (C=O) groups excluding carboxylic acids is 2. The fraction of sp³-hybridized carbons (Fsp3) is 0.304. The highest BCUT2D eigenvalue weighted by atomic mass is 35.5. The summed E-state index contributed by atoms with van der Waals surface area (Å²) in [5, 5.41) is 0.372. The van der Waals surface area contributed by atoms with Crippen LogP contribution in [0.5, 0.6) is 5.75 Å². The predicted molar refractivity (Wildman–Crippen MR) is 114 cm³/mol. The average Bonchev–Trinajstić information content (AvgIpc) is 3.29. The van der Waals surface area contributed by atoms with Crippen LogP contribution in [0.15, 0.2) is 54.2 Å². The zero-order valence-electron chi connectivity index (χ0n) is 16.5. The van der Waals surface area contributed by atoms with E-state index in [-0.39, 0.29) is 17.9 Å². The van der Waals surface area contributed by atoms with Crippen molar-refractivity contribution in [1.29, 1.82) is 0 Å². The molecule has 2 aliphatic rings. The number of hydrogen-bond donors (Lipinski definition) is 0. The monoisotopic (exact) mass is 410 g/mol. The molecule has 0 radical (unpaired) electrons. The van der Waals surface area contributed by atoms with E-state index in [2.05, 4.69) is 0 Å². The van der Waals surface area contributed by atoms with E-state index in [4.69, 9.17) is 16.3 Å². The maximum absolute atomic E-state index is 13.4. The van der Waals surface area contributed by atoms with Gasteiger partial charge in [-0.2, -0.15) is 0 Å². The van der Waals surface area contributed by atoms with Crippen LogP contribution in [-0.2, 0) is 9.59 Å². The molecule has 0 N–H and O–H groups in total. The molecule has 0 bridgehead atoms. The van der Waals surface area contributed by atoms with Crippen molar-refractivity contribution in [3.63, 3.8) is 0 Å². The Morgan fingerprint density at radius 3 is 2.21 bits per heavy atom. The van der Waals surface area contributed by atoms with Gasteiger partial charge in [0.1, 0.15) is 11.4 Å². The minimum absolute atomic E-state index is 0.0608. The first-order chi connectivity index (χ1) is 14.0. The maximum atomic E-state index is 13.4. The second-order valence-corrected chi connectivity index (χ2v) is 7.91. The topological polar surface area (TPSA) is 49.9 Å². The van der Waals surface area contributed by atoms with Gasteiger partial charge in [-0.25, -0.2) is 4.90 Å². The molecule has 0 aliphatic carbocycles. The summed E-state index contributed by atoms with van der Waals surface area (Å²) in [4.78, 5) is 30.0. The van der Waals surface area contributed by atoms with E-state index in [9.17, 15) is 9.59 Å². The Morgan fingerprint density at radius 1 is 0.931 bits per heavy atom. The largest absolute Gasteiger partial charge is 0.491 e. The molecule has 5 nitrogen and oxygen atoms in total. The van der Waals surface area contributed by atoms with E-state index >= 15 is 0 Å². The normalized spacial score (nSPS) is 17.1. The number of carbonyl (C=O) groups is 2. The molecule has 0 aromatic heterocycles. The standard InChI is InChI=1S/C23H23ClN2O3/c1-15(2)29-17-11-9-16(10-12-17)20-21(25-13-5-6-14-25)23(28)26(22(20)27)19-8-4-3-7-18(19)24/h3-4,7-12,15H,5-6,13-14H2,1-2H3. The van der Waals surface area contributed by atoms with Crippen molar-refractivity contribution in [2.45, 2.75) is 32.8 Å². The van der Waals surface area contributed by atoms with Gasteiger partial charge in [-0.05, 0) is 56.5 Å². The number of benzene rings is 2. The van der Waals surface area contributed by atoms with Crippen molar-refractivity contribution in [2.24, 2.45) is 0 Å². The number of ether oxygens (including phenoxy) is 1. The van der Waals surface area contributed by atoms with Gasteiger partial charge in [0.2, 0.25) is 0 Å². The van der Waals surface area contributed by atoms with Crippen LogP contribution in [-0.4, -0.2) is 35.9 Å². The SMILES string of the molecule is CC(C)Oc1ccc(C2=C(N3CCCC3)C(=O)N(c3ccccc3Cl)C2=O)cc1. The zero-order valence-corrected chi connectivity index (χ0v) is 17.3. The molecule has 2 aromatic carbocycles. The first-order valence-electron chi connectivity index (χ1n) is 9.87. The molecule has 1 saturated heterocycles. The lowest BCUT2D eigenvalue weighted by Gasteiger charge is -2.20. The van der Waals surface area contributed by atoms with E-state index < -0.39 is 0 Å². The lowest BCUT2D eigenvalue weighted by Crippen LogP contribution is -2.34. The van der Waals surface area contributed by atoms with Crippen LogP contribution >= 0.6 is 11.6 Å². The Kier molecular flexibility index (Phi) is 5.33. The summed E-state index contributed by atoms with van der Waals surface area (Å²) < 4.78 is 5.71. The lowest BCUT2D eigenvalue weighted by molar-refractivity contribution is -0.120. The highest BCUT2D eigenvalue weighted by Crippen LogP contribution is 2.38. The summed E-state index contributed by atoms with van der Waals surface area (Å²) in [7, 11) is 0. The first kappa shape index (κ1) is 19.5. The number of nitrogens with zero attached hydrogens (tertiary/aromatic N) is 2. The molecule has 2 aliphatic heterocycles. The molecule has 0 spiro atoms. The predicted octanol–water partition coefficient (Wildman–Crippen LogP) is 4.51. The molecule has 6 heteroatoms. The summed E-state index contributed by atoms with van der Waals surface area (Å²) in [5.74, 6) is 0.0665. The number of para-hydroxylation sites is 1. The highest BCUT2D eigenvalue weighted by Gasteiger charge is 2.43. The minimum atomic E-state index is -0.345. The number of amides is 2. The molecule has 2 aromatic rings. The molecule has 150 valence electrons. The van der Waals surface area contributed by atoms with E-state index in [0.29, 0.717) is 27.5 Å². The van der Waals surface area contributed by atoms with E-state index in [1.165, 1.54) is 4.90 Å². The molecular formula is C23H23ClN2O3. The molecular weight excluding hydrogens is 388 g/mol. The maximum Gasteiger partial charge on any atom is 0.282 e. The molecule has 2 heterocycles. The Morgan fingerprint density at radius 2 is 1.59 bits per heavy atom. The average molecular weight is 411 g/mol. The zero-order chi connectivity index (χ0) is 20.5. The number of rotatable bonds is 5. The van der Waals surface area contributed by atoms with Gasteiger partial charge in [-0.15, -0.1) is 0 Å². The third kappa shape index (κ3) is 3.62. The number of halogens is 1. The van der Waals surface area contributed by atoms with Gasteiger partial charge in [0.15, 0.2) is 0 Å². The number of anilines is 1. The van der Waals surface area contributed by atoms with Crippen molar-refractivity contribution in [1.82, 2.24) is 4.90 Å². The molecule has 0 atom stereocenters. The van der Waals surface area contributed by atoms with Crippen molar-refractivity contribution in [3.05, 3.63) is 64.8 Å². The van der Waals surface area contributed by atoms with Crippen molar-refractivity contribution in [3.8, 4) is 5.75 Å². The van der Waals surface area contributed by atoms with Crippen LogP contribution in [0.1, 0.15) is 32.3 Å².